The minimum absolute atomic E-state index is 0.149. The molecule has 0 aromatic rings. The van der Waals surface area contributed by atoms with Gasteiger partial charge in [-0.3, -0.25) is 4.79 Å². The van der Waals surface area contributed by atoms with Crippen molar-refractivity contribution in [3.63, 3.8) is 0 Å². The van der Waals surface area contributed by atoms with Crippen LogP contribution in [0.5, 0.6) is 0 Å². The van der Waals surface area contributed by atoms with Gasteiger partial charge >= 0.3 is 0 Å². The van der Waals surface area contributed by atoms with Crippen LogP contribution in [0.4, 0.5) is 0 Å². The zero-order valence-corrected chi connectivity index (χ0v) is 6.49. The van der Waals surface area contributed by atoms with Gasteiger partial charge in [-0.05, 0) is 19.3 Å². The van der Waals surface area contributed by atoms with Crippen molar-refractivity contribution in [3.05, 3.63) is 0 Å². The number of hydrogen-bond acceptors (Lipinski definition) is 2. The second-order valence-electron chi connectivity index (χ2n) is 3.40. The Balaban J connectivity index is 2.14. The Morgan fingerprint density at radius 2 is 2.27 bits per heavy atom. The summed E-state index contributed by atoms with van der Waals surface area (Å²) in [6.07, 6.45) is 3.01. The number of piperidine rings is 1. The number of carbonyl (C=O) groups excluding carboxylic acids is 1. The molecule has 2 atom stereocenters. The Kier molecular flexibility index (Phi) is 1.60. The number of amides is 1. The van der Waals surface area contributed by atoms with E-state index in [4.69, 9.17) is 0 Å². The first kappa shape index (κ1) is 7.10. The van der Waals surface area contributed by atoms with Gasteiger partial charge in [-0.15, -0.1) is 0 Å². The van der Waals surface area contributed by atoms with Crippen molar-refractivity contribution in [2.45, 2.75) is 37.8 Å². The Morgan fingerprint density at radius 3 is 3.00 bits per heavy atom. The van der Waals surface area contributed by atoms with Crippen molar-refractivity contribution in [1.82, 2.24) is 4.90 Å². The summed E-state index contributed by atoms with van der Waals surface area (Å²) >= 11 is 0. The monoisotopic (exact) mass is 155 g/mol. The average Bonchev–Trinajstić information content (AvgIpc) is 2.45. The molecule has 0 aromatic heterocycles. The van der Waals surface area contributed by atoms with Crippen molar-refractivity contribution < 1.29 is 9.90 Å². The second-order valence-corrected chi connectivity index (χ2v) is 3.40. The summed E-state index contributed by atoms with van der Waals surface area (Å²) in [6.45, 7) is 0.862. The van der Waals surface area contributed by atoms with Crippen LogP contribution in [0.3, 0.4) is 0 Å². The highest BCUT2D eigenvalue weighted by Crippen LogP contribution is 2.27. The van der Waals surface area contributed by atoms with E-state index in [-0.39, 0.29) is 18.1 Å². The normalized spacial score (nSPS) is 37.5. The number of carbonyl (C=O) groups is 1. The third-order valence-corrected chi connectivity index (χ3v) is 2.72. The van der Waals surface area contributed by atoms with E-state index < -0.39 is 0 Å². The molecule has 0 radical (unpaired) electrons. The van der Waals surface area contributed by atoms with Gasteiger partial charge in [0.15, 0.2) is 0 Å². The van der Waals surface area contributed by atoms with Crippen LogP contribution in [-0.4, -0.2) is 34.6 Å². The van der Waals surface area contributed by atoms with Crippen molar-refractivity contribution >= 4 is 5.91 Å². The summed E-state index contributed by atoms with van der Waals surface area (Å²) in [6, 6.07) is 0.149. The number of rotatable bonds is 0. The third-order valence-electron chi connectivity index (χ3n) is 2.72. The number of hydrogen-bond donors (Lipinski definition) is 1. The van der Waals surface area contributed by atoms with E-state index in [0.29, 0.717) is 12.8 Å². The lowest BCUT2D eigenvalue weighted by molar-refractivity contribution is -0.139. The topological polar surface area (TPSA) is 40.5 Å². The van der Waals surface area contributed by atoms with Crippen molar-refractivity contribution in [1.29, 1.82) is 0 Å². The molecule has 0 aromatic carbocycles. The fourth-order valence-corrected chi connectivity index (χ4v) is 2.11. The molecule has 2 aliphatic rings. The van der Waals surface area contributed by atoms with E-state index in [1.54, 1.807) is 0 Å². The van der Waals surface area contributed by atoms with Crippen LogP contribution < -0.4 is 0 Å². The lowest BCUT2D eigenvalue weighted by Crippen LogP contribution is -2.47. The molecule has 11 heavy (non-hydrogen) atoms. The molecule has 0 bridgehead atoms. The summed E-state index contributed by atoms with van der Waals surface area (Å²) in [5, 5.41) is 9.50. The van der Waals surface area contributed by atoms with Gasteiger partial charge in [0.2, 0.25) is 5.91 Å². The lowest BCUT2D eigenvalue weighted by atomic mass is 9.99. The summed E-state index contributed by atoms with van der Waals surface area (Å²) in [5.41, 5.74) is 0. The maximum atomic E-state index is 11.2. The smallest absolute Gasteiger partial charge is 0.223 e. The molecule has 62 valence electrons. The molecule has 2 heterocycles. The predicted octanol–water partition coefficient (Wildman–Crippen LogP) is 0.132. The third kappa shape index (κ3) is 1.03. The van der Waals surface area contributed by atoms with E-state index in [0.717, 1.165) is 19.4 Å². The maximum absolute atomic E-state index is 11.2. The van der Waals surface area contributed by atoms with Crippen molar-refractivity contribution in [2.24, 2.45) is 0 Å². The number of fused-ring (bicyclic) bond motifs is 1. The number of aliphatic hydroxyl groups excluding tert-OH is 1. The first-order valence-corrected chi connectivity index (χ1v) is 4.26. The Morgan fingerprint density at radius 1 is 1.45 bits per heavy atom. The zero-order valence-electron chi connectivity index (χ0n) is 6.49. The van der Waals surface area contributed by atoms with Gasteiger partial charge < -0.3 is 10.0 Å². The Labute approximate surface area is 66.0 Å². The van der Waals surface area contributed by atoms with E-state index in [2.05, 4.69) is 0 Å². The Hall–Kier alpha value is -0.570. The molecule has 2 saturated heterocycles. The van der Waals surface area contributed by atoms with Crippen LogP contribution in [0.15, 0.2) is 0 Å². The quantitative estimate of drug-likeness (QED) is 0.540. The molecule has 0 saturated carbocycles. The average molecular weight is 155 g/mol. The van der Waals surface area contributed by atoms with Gasteiger partial charge in [-0.1, -0.05) is 0 Å². The zero-order chi connectivity index (χ0) is 7.84. The van der Waals surface area contributed by atoms with Gasteiger partial charge in [-0.2, -0.15) is 0 Å². The van der Waals surface area contributed by atoms with E-state index in [9.17, 15) is 9.90 Å². The maximum Gasteiger partial charge on any atom is 0.223 e. The summed E-state index contributed by atoms with van der Waals surface area (Å²) < 4.78 is 0. The minimum Gasteiger partial charge on any atom is -0.391 e. The van der Waals surface area contributed by atoms with Crippen LogP contribution in [0.1, 0.15) is 25.7 Å². The molecule has 0 unspecified atom stereocenters. The predicted molar refractivity (Wildman–Crippen MR) is 40.0 cm³/mol. The van der Waals surface area contributed by atoms with Gasteiger partial charge in [0.05, 0.1) is 12.1 Å². The SMILES string of the molecule is O=C1CC[C@@H](O)[C@@H]2CCCN12. The van der Waals surface area contributed by atoms with Crippen molar-refractivity contribution in [3.8, 4) is 0 Å². The van der Waals surface area contributed by atoms with Gasteiger partial charge in [-0.25, -0.2) is 0 Å². The molecule has 0 spiro atoms. The molecule has 1 amide bonds. The molecule has 0 aliphatic carbocycles. The van der Waals surface area contributed by atoms with Gasteiger partial charge in [0.25, 0.3) is 0 Å². The molecule has 2 fully saturated rings. The standard InChI is InChI=1S/C8H13NO2/c10-7-3-4-8(11)9-5-1-2-6(7)9/h6-7,10H,1-5H2/t6-,7+/m0/s1. The molecular weight excluding hydrogens is 142 g/mol. The van der Waals surface area contributed by atoms with Gasteiger partial charge in [0, 0.05) is 13.0 Å². The Bertz CT molecular complexity index is 181. The first-order chi connectivity index (χ1) is 5.29. The van der Waals surface area contributed by atoms with E-state index in [1.165, 1.54) is 0 Å². The molecule has 3 nitrogen and oxygen atoms in total. The van der Waals surface area contributed by atoms with Crippen LogP contribution >= 0.6 is 0 Å². The minimum atomic E-state index is -0.254. The number of aliphatic hydroxyl groups is 1. The highest BCUT2D eigenvalue weighted by atomic mass is 16.3. The van der Waals surface area contributed by atoms with Crippen LogP contribution in [0.25, 0.3) is 0 Å². The second kappa shape index (κ2) is 2.48. The van der Waals surface area contributed by atoms with Crippen LogP contribution in [-0.2, 0) is 4.79 Å². The number of nitrogens with zero attached hydrogens (tertiary/aromatic N) is 1. The first-order valence-electron chi connectivity index (χ1n) is 4.26. The largest absolute Gasteiger partial charge is 0.391 e. The lowest BCUT2D eigenvalue weighted by Gasteiger charge is -2.33. The summed E-state index contributed by atoms with van der Waals surface area (Å²) in [7, 11) is 0. The van der Waals surface area contributed by atoms with Crippen LogP contribution in [0, 0.1) is 0 Å². The van der Waals surface area contributed by atoms with Gasteiger partial charge in [0.1, 0.15) is 0 Å². The molecule has 2 aliphatic heterocycles. The molecule has 3 heteroatoms. The fraction of sp³-hybridized carbons (Fsp3) is 0.875. The van der Waals surface area contributed by atoms with Crippen LogP contribution in [0.2, 0.25) is 0 Å². The molecule has 2 rings (SSSR count). The summed E-state index contributed by atoms with van der Waals surface area (Å²) in [5.74, 6) is 0.234. The van der Waals surface area contributed by atoms with E-state index >= 15 is 0 Å². The highest BCUT2D eigenvalue weighted by Gasteiger charge is 2.37. The van der Waals surface area contributed by atoms with Crippen molar-refractivity contribution in [2.75, 3.05) is 6.54 Å². The molecule has 1 N–H and O–H groups in total. The fourth-order valence-electron chi connectivity index (χ4n) is 2.11. The highest BCUT2D eigenvalue weighted by molar-refractivity contribution is 5.77. The van der Waals surface area contributed by atoms with E-state index in [1.807, 2.05) is 4.90 Å². The molecular formula is C8H13NO2. The summed E-state index contributed by atoms with van der Waals surface area (Å²) in [4.78, 5) is 13.1.